The van der Waals surface area contributed by atoms with Gasteiger partial charge in [-0.2, -0.15) is 0 Å². The van der Waals surface area contributed by atoms with E-state index in [2.05, 4.69) is 22.8 Å². The van der Waals surface area contributed by atoms with Crippen LogP contribution in [0.25, 0.3) is 11.1 Å². The molecule has 0 saturated heterocycles. The predicted octanol–water partition coefficient (Wildman–Crippen LogP) is 3.28. The molecule has 0 bridgehead atoms. The lowest BCUT2D eigenvalue weighted by Crippen LogP contribution is -2.52. The quantitative estimate of drug-likeness (QED) is 0.606. The average molecular weight is 422 g/mol. The molecule has 7 heteroatoms. The highest BCUT2D eigenvalue weighted by atomic mass is 16.5. The van der Waals surface area contributed by atoms with E-state index in [1.165, 1.54) is 0 Å². The van der Waals surface area contributed by atoms with Crippen LogP contribution < -0.4 is 10.6 Å². The molecule has 0 radical (unpaired) electrons. The molecule has 0 aromatic heterocycles. The normalized spacial score (nSPS) is 16.5. The summed E-state index contributed by atoms with van der Waals surface area (Å²) in [7, 11) is 0. The molecule has 0 aliphatic heterocycles. The lowest BCUT2D eigenvalue weighted by molar-refractivity contribution is -0.142. The highest BCUT2D eigenvalue weighted by Crippen LogP contribution is 2.44. The van der Waals surface area contributed by atoms with E-state index in [4.69, 9.17) is 4.74 Å². The molecular weight excluding hydrogens is 396 g/mol. The number of benzene rings is 2. The van der Waals surface area contributed by atoms with Gasteiger partial charge in [0.15, 0.2) is 0 Å². The minimum Gasteiger partial charge on any atom is -0.480 e. The van der Waals surface area contributed by atoms with Crippen molar-refractivity contribution in [1.82, 2.24) is 10.6 Å². The smallest absolute Gasteiger partial charge is 0.407 e. The van der Waals surface area contributed by atoms with Crippen LogP contribution in [0, 0.1) is 5.92 Å². The molecule has 31 heavy (non-hydrogen) atoms. The van der Waals surface area contributed by atoms with Gasteiger partial charge >= 0.3 is 12.1 Å². The first-order valence-electron chi connectivity index (χ1n) is 10.6. The van der Waals surface area contributed by atoms with Crippen molar-refractivity contribution in [2.24, 2.45) is 5.92 Å². The topological polar surface area (TPSA) is 105 Å². The van der Waals surface area contributed by atoms with Crippen molar-refractivity contribution in [3.63, 3.8) is 0 Å². The van der Waals surface area contributed by atoms with E-state index in [1.807, 2.05) is 36.4 Å². The van der Waals surface area contributed by atoms with E-state index in [1.54, 1.807) is 6.92 Å². The van der Waals surface area contributed by atoms with Gasteiger partial charge in [-0.25, -0.2) is 9.59 Å². The molecule has 0 spiro atoms. The third-order valence-corrected chi connectivity index (χ3v) is 6.02. The summed E-state index contributed by atoms with van der Waals surface area (Å²) in [5.74, 6) is -1.63. The molecule has 162 valence electrons. The van der Waals surface area contributed by atoms with E-state index < -0.39 is 30.1 Å². The molecule has 2 aliphatic carbocycles. The van der Waals surface area contributed by atoms with Gasteiger partial charge in [-0.15, -0.1) is 0 Å². The van der Waals surface area contributed by atoms with Crippen molar-refractivity contribution < 1.29 is 24.2 Å². The minimum absolute atomic E-state index is 0.00628. The summed E-state index contributed by atoms with van der Waals surface area (Å²) in [6, 6.07) is 14.4. The summed E-state index contributed by atoms with van der Waals surface area (Å²) in [5.41, 5.74) is 4.50. The summed E-state index contributed by atoms with van der Waals surface area (Å²) >= 11 is 0. The lowest BCUT2D eigenvalue weighted by atomic mass is 9.98. The Hall–Kier alpha value is -3.35. The molecule has 1 unspecified atom stereocenters. The number of fused-ring (bicyclic) bond motifs is 3. The van der Waals surface area contributed by atoms with Gasteiger partial charge < -0.3 is 20.5 Å². The van der Waals surface area contributed by atoms with Gasteiger partial charge in [0.25, 0.3) is 0 Å². The van der Waals surface area contributed by atoms with Crippen molar-refractivity contribution >= 4 is 18.0 Å². The van der Waals surface area contributed by atoms with Crippen LogP contribution in [-0.2, 0) is 14.3 Å². The SMILES string of the molecule is CC[C@H](NC(=O)C(NC(=O)OCC1c2ccccc2-c2ccccc21)C1CC1)C(=O)O. The van der Waals surface area contributed by atoms with E-state index in [0.29, 0.717) is 0 Å². The second-order valence-corrected chi connectivity index (χ2v) is 8.09. The first-order valence-corrected chi connectivity index (χ1v) is 10.6. The number of amides is 2. The van der Waals surface area contributed by atoms with Gasteiger partial charge in [-0.05, 0) is 47.4 Å². The summed E-state index contributed by atoms with van der Waals surface area (Å²) in [6.45, 7) is 1.84. The number of carbonyl (C=O) groups is 3. The highest BCUT2D eigenvalue weighted by Gasteiger charge is 2.39. The van der Waals surface area contributed by atoms with Crippen LogP contribution in [0.1, 0.15) is 43.2 Å². The Balaban J connectivity index is 1.41. The van der Waals surface area contributed by atoms with Crippen LogP contribution in [0.5, 0.6) is 0 Å². The zero-order valence-corrected chi connectivity index (χ0v) is 17.3. The van der Waals surface area contributed by atoms with Crippen LogP contribution in [0.2, 0.25) is 0 Å². The van der Waals surface area contributed by atoms with Crippen molar-refractivity contribution in [3.8, 4) is 11.1 Å². The van der Waals surface area contributed by atoms with Gasteiger partial charge in [0.2, 0.25) is 5.91 Å². The molecule has 2 atom stereocenters. The molecule has 0 heterocycles. The number of aliphatic carboxylic acids is 1. The summed E-state index contributed by atoms with van der Waals surface area (Å²) in [6.07, 6.45) is 1.22. The second kappa shape index (κ2) is 8.79. The van der Waals surface area contributed by atoms with Gasteiger partial charge in [0.1, 0.15) is 18.7 Å². The van der Waals surface area contributed by atoms with Gasteiger partial charge in [0, 0.05) is 5.92 Å². The molecular formula is C24H26N2O5. The van der Waals surface area contributed by atoms with Gasteiger partial charge in [-0.3, -0.25) is 4.79 Å². The maximum Gasteiger partial charge on any atom is 0.407 e. The number of nitrogens with one attached hydrogen (secondary N) is 2. The van der Waals surface area contributed by atoms with Crippen LogP contribution in [0.4, 0.5) is 4.79 Å². The Morgan fingerprint density at radius 3 is 2.10 bits per heavy atom. The van der Waals surface area contributed by atoms with E-state index >= 15 is 0 Å². The van der Waals surface area contributed by atoms with Crippen LogP contribution in [-0.4, -0.2) is 41.8 Å². The first kappa shape index (κ1) is 20.9. The molecule has 7 nitrogen and oxygen atoms in total. The summed E-state index contributed by atoms with van der Waals surface area (Å²) in [5, 5.41) is 14.3. The molecule has 4 rings (SSSR count). The average Bonchev–Trinajstić information content (AvgIpc) is 3.56. The zero-order valence-electron chi connectivity index (χ0n) is 17.3. The van der Waals surface area contributed by atoms with E-state index in [0.717, 1.165) is 35.1 Å². The Morgan fingerprint density at radius 2 is 1.58 bits per heavy atom. The molecule has 2 aromatic carbocycles. The lowest BCUT2D eigenvalue weighted by Gasteiger charge is -2.21. The molecule has 2 aliphatic rings. The van der Waals surface area contributed by atoms with Crippen molar-refractivity contribution in [3.05, 3.63) is 59.7 Å². The van der Waals surface area contributed by atoms with Gasteiger partial charge in [-0.1, -0.05) is 55.5 Å². The fraction of sp³-hybridized carbons (Fsp3) is 0.375. The summed E-state index contributed by atoms with van der Waals surface area (Å²) < 4.78 is 5.53. The minimum atomic E-state index is -1.09. The number of carboxylic acid groups (broad SMARTS) is 1. The molecule has 1 saturated carbocycles. The number of carbonyl (C=O) groups excluding carboxylic acids is 2. The fourth-order valence-electron chi connectivity index (χ4n) is 4.19. The van der Waals surface area contributed by atoms with Crippen molar-refractivity contribution in [2.45, 2.75) is 44.2 Å². The Bertz CT molecular complexity index is 955. The fourth-order valence-corrected chi connectivity index (χ4v) is 4.19. The number of ether oxygens (including phenoxy) is 1. The summed E-state index contributed by atoms with van der Waals surface area (Å²) in [4.78, 5) is 36.3. The Labute approximate surface area is 180 Å². The third kappa shape index (κ3) is 4.40. The number of hydrogen-bond acceptors (Lipinski definition) is 4. The van der Waals surface area contributed by atoms with Crippen LogP contribution >= 0.6 is 0 Å². The Kier molecular flexibility index (Phi) is 5.93. The number of rotatable bonds is 8. The third-order valence-electron chi connectivity index (χ3n) is 6.02. The van der Waals surface area contributed by atoms with E-state index in [-0.39, 0.29) is 24.9 Å². The molecule has 2 amide bonds. The monoisotopic (exact) mass is 422 g/mol. The van der Waals surface area contributed by atoms with Crippen molar-refractivity contribution in [1.29, 1.82) is 0 Å². The van der Waals surface area contributed by atoms with Crippen LogP contribution in [0.3, 0.4) is 0 Å². The van der Waals surface area contributed by atoms with Crippen LogP contribution in [0.15, 0.2) is 48.5 Å². The predicted molar refractivity (Wildman–Crippen MR) is 115 cm³/mol. The highest BCUT2D eigenvalue weighted by molar-refractivity contribution is 5.89. The maximum atomic E-state index is 12.6. The maximum absolute atomic E-state index is 12.6. The molecule has 1 fully saturated rings. The second-order valence-electron chi connectivity index (χ2n) is 8.09. The number of alkyl carbamates (subject to hydrolysis) is 1. The largest absolute Gasteiger partial charge is 0.480 e. The van der Waals surface area contributed by atoms with E-state index in [9.17, 15) is 19.5 Å². The molecule has 2 aromatic rings. The standard InChI is InChI=1S/C24H26N2O5/c1-2-20(23(28)29)25-22(27)21(14-11-12-14)26-24(30)31-13-19-17-9-5-3-7-15(17)16-8-4-6-10-18(16)19/h3-10,14,19-21H,2,11-13H2,1H3,(H,25,27)(H,26,30)(H,28,29)/t20-,21?/m0/s1. The zero-order chi connectivity index (χ0) is 22.0. The first-order chi connectivity index (χ1) is 15.0. The molecule has 3 N–H and O–H groups in total. The number of hydrogen-bond donors (Lipinski definition) is 3. The van der Waals surface area contributed by atoms with Gasteiger partial charge in [0.05, 0.1) is 0 Å². The van der Waals surface area contributed by atoms with Crippen molar-refractivity contribution in [2.75, 3.05) is 6.61 Å². The Morgan fingerprint density at radius 1 is 1.00 bits per heavy atom. The number of carboxylic acids is 1.